The highest BCUT2D eigenvalue weighted by molar-refractivity contribution is 7.15. The lowest BCUT2D eigenvalue weighted by Crippen LogP contribution is -2.18. The van der Waals surface area contributed by atoms with E-state index in [1.165, 1.54) is 62.3 Å². The monoisotopic (exact) mass is 1160 g/mol. The predicted octanol–water partition coefficient (Wildman–Crippen LogP) is 6.06. The zero-order valence-corrected chi connectivity index (χ0v) is 48.6. The van der Waals surface area contributed by atoms with Gasteiger partial charge in [0.25, 0.3) is 5.69 Å². The van der Waals surface area contributed by atoms with E-state index >= 15 is 0 Å². The second-order valence-corrected chi connectivity index (χ2v) is 20.5. The van der Waals surface area contributed by atoms with Gasteiger partial charge in [-0.2, -0.15) is 0 Å². The van der Waals surface area contributed by atoms with Crippen molar-refractivity contribution >= 4 is 91.1 Å². The van der Waals surface area contributed by atoms with Gasteiger partial charge in [-0.25, -0.2) is 0 Å². The Balaban J connectivity index is 0.000000248. The lowest BCUT2D eigenvalue weighted by molar-refractivity contribution is -0.385. The molecule has 28 heteroatoms. The van der Waals surface area contributed by atoms with Gasteiger partial charge in [0, 0.05) is 91.2 Å². The molecule has 0 aliphatic heterocycles. The van der Waals surface area contributed by atoms with E-state index in [1.807, 2.05) is 93.4 Å². The molecule has 0 aromatic carbocycles. The number of ether oxygens (including phenoxy) is 3. The smallest absolute Gasteiger partial charge is 0.311 e. The zero-order valence-electron chi connectivity index (χ0n) is 47.0. The highest BCUT2D eigenvalue weighted by Gasteiger charge is 2.30. The van der Waals surface area contributed by atoms with Gasteiger partial charge in [0.05, 0.1) is 104 Å². The molecule has 4 N–H and O–H groups in total. The van der Waals surface area contributed by atoms with E-state index in [-0.39, 0.29) is 79.1 Å². The van der Waals surface area contributed by atoms with E-state index < -0.39 is 10.9 Å². The SMILES string of the molecule is CN(C)c1cccnc1CC(=O)Nc1nnc([C@H]2CCC[C@H](c3nnc(NC(=O)Cc4ncccc4N(C)C)s3)C2)s1.COC(=O)Cc1ncccc1N.COC(=O)Cc1ncccc1N(C)C.COC(=O)Cc1ncccc1[N+](=O)[O-]. The van der Waals surface area contributed by atoms with Crippen molar-refractivity contribution in [2.75, 3.05) is 94.7 Å². The van der Waals surface area contributed by atoms with Gasteiger partial charge in [0.2, 0.25) is 22.1 Å². The molecule has 1 saturated carbocycles. The summed E-state index contributed by atoms with van der Waals surface area (Å²) in [5, 5.41) is 36.4. The Kier molecular flexibility index (Phi) is 25.0. The zero-order chi connectivity index (χ0) is 59.7. The quantitative estimate of drug-likeness (QED) is 0.0380. The Bertz CT molecular complexity index is 3140. The van der Waals surface area contributed by atoms with Crippen LogP contribution < -0.4 is 31.1 Å². The molecule has 0 unspecified atom stereocenters. The molecule has 7 aromatic heterocycles. The van der Waals surface area contributed by atoms with Crippen LogP contribution in [-0.4, -0.2) is 144 Å². The molecule has 0 saturated heterocycles. The first-order valence-corrected chi connectivity index (χ1v) is 27.0. The third-order valence-electron chi connectivity index (χ3n) is 12.1. The normalized spacial score (nSPS) is 13.1. The number of methoxy groups -OCH3 is 3. The standard InChI is InChI=1S/C28H34N10O2S2.C10H14N2O2.C8H8N2O4.C8H10N2O2/c1-37(2)21-10-6-12-29-19(21)15-23(39)31-27-35-33-25(41-27)17-8-5-9-18(14-17)26-34-36-28(42-26)32-24(40)16-20-22(38(3)4)11-7-13-30-20;1-12(2)9-5-4-6-11-8(9)7-10(13)14-3;1-14-8(11)5-6-7(10(12)13)3-2-4-9-6;1-12-8(11)5-7-6(9)3-2-4-10-7/h6-7,10-13,17-18H,5,8-9,14-16H2,1-4H3,(H,31,35,39)(H,32,36,40);4-6H,7H2,1-3H3;2-4H,5H2,1H3;2-4H,5,9H2,1H3/t17-,18-;;;/m0.../s1. The number of nitro groups is 1. The summed E-state index contributed by atoms with van der Waals surface area (Å²) < 4.78 is 13.5. The molecular weight excluding hydrogens is 1100 g/mol. The molecule has 0 radical (unpaired) electrons. The van der Waals surface area contributed by atoms with Crippen LogP contribution in [0.3, 0.4) is 0 Å². The average Bonchev–Trinajstić information content (AvgIpc) is 4.35. The number of nitrogens with zero attached hydrogens (tertiary/aromatic N) is 13. The van der Waals surface area contributed by atoms with Crippen molar-refractivity contribution in [2.45, 2.75) is 69.6 Å². The van der Waals surface area contributed by atoms with Gasteiger partial charge in [-0.05, 0) is 73.9 Å². The van der Waals surface area contributed by atoms with Crippen molar-refractivity contribution in [1.82, 2.24) is 45.3 Å². The Morgan fingerprint density at radius 3 is 1.29 bits per heavy atom. The van der Waals surface area contributed by atoms with E-state index in [1.54, 1.807) is 36.9 Å². The van der Waals surface area contributed by atoms with Crippen molar-refractivity contribution in [3.05, 3.63) is 140 Å². The largest absolute Gasteiger partial charge is 0.469 e. The molecule has 7 aromatic rings. The van der Waals surface area contributed by atoms with Crippen LogP contribution in [0.4, 0.5) is 38.7 Å². The van der Waals surface area contributed by atoms with Gasteiger partial charge in [-0.3, -0.25) is 59.0 Å². The fourth-order valence-corrected chi connectivity index (χ4v) is 9.86. The molecule has 82 heavy (non-hydrogen) atoms. The van der Waals surface area contributed by atoms with Gasteiger partial charge in [0.15, 0.2) is 0 Å². The average molecular weight is 1160 g/mol. The molecule has 1 fully saturated rings. The minimum atomic E-state index is -0.578. The summed E-state index contributed by atoms with van der Waals surface area (Å²) in [7, 11) is 15.5. The minimum absolute atomic E-state index is 0.115. The third kappa shape index (κ3) is 19.9. The van der Waals surface area contributed by atoms with Crippen LogP contribution in [0.1, 0.15) is 76.0 Å². The number of amides is 2. The summed E-state index contributed by atoms with van der Waals surface area (Å²) >= 11 is 2.84. The van der Waals surface area contributed by atoms with Crippen LogP contribution in [0.15, 0.2) is 91.6 Å². The Labute approximate surface area is 482 Å². The number of nitrogens with one attached hydrogen (secondary N) is 2. The first-order valence-electron chi connectivity index (χ1n) is 25.4. The van der Waals surface area contributed by atoms with Crippen molar-refractivity contribution in [3.63, 3.8) is 0 Å². The van der Waals surface area contributed by atoms with Gasteiger partial charge in [-0.15, -0.1) is 20.4 Å². The summed E-state index contributed by atoms with van der Waals surface area (Å²) in [6.45, 7) is 0. The van der Waals surface area contributed by atoms with Crippen LogP contribution in [0.2, 0.25) is 0 Å². The van der Waals surface area contributed by atoms with Gasteiger partial charge in [0.1, 0.15) is 15.7 Å². The maximum absolute atomic E-state index is 12.7. The maximum atomic E-state index is 12.7. The summed E-state index contributed by atoms with van der Waals surface area (Å²) in [4.78, 5) is 94.5. The van der Waals surface area contributed by atoms with E-state index in [4.69, 9.17) is 5.73 Å². The second-order valence-electron chi connectivity index (χ2n) is 18.5. The van der Waals surface area contributed by atoms with Gasteiger partial charge >= 0.3 is 17.9 Å². The van der Waals surface area contributed by atoms with Crippen LogP contribution in [0.25, 0.3) is 0 Å². The highest BCUT2D eigenvalue weighted by atomic mass is 32.1. The molecule has 1 aliphatic carbocycles. The van der Waals surface area contributed by atoms with Crippen LogP contribution in [0.5, 0.6) is 0 Å². The minimum Gasteiger partial charge on any atom is -0.469 e. The number of nitrogens with two attached hydrogens (primary N) is 1. The van der Waals surface area contributed by atoms with E-state index in [9.17, 15) is 34.1 Å². The van der Waals surface area contributed by atoms with Crippen LogP contribution in [0, 0.1) is 10.1 Å². The summed E-state index contributed by atoms with van der Waals surface area (Å²) in [5.74, 6) is -1.06. The molecular formula is C54H66N16O10S2. The van der Waals surface area contributed by atoms with Crippen molar-refractivity contribution in [3.8, 4) is 0 Å². The number of aromatic nitrogens is 9. The molecule has 2 amide bonds. The number of esters is 3. The number of pyridine rings is 5. The molecule has 434 valence electrons. The number of hydrogen-bond acceptors (Lipinski definition) is 25. The first-order chi connectivity index (χ1) is 39.3. The molecule has 1 aliphatic rings. The lowest BCUT2D eigenvalue weighted by atomic mass is 9.82. The predicted molar refractivity (Wildman–Crippen MR) is 311 cm³/mol. The number of rotatable bonds is 18. The number of hydrogen-bond donors (Lipinski definition) is 3. The van der Waals surface area contributed by atoms with E-state index in [0.29, 0.717) is 33.0 Å². The van der Waals surface area contributed by atoms with Crippen LogP contribution in [-0.2, 0) is 70.3 Å². The maximum Gasteiger partial charge on any atom is 0.311 e. The highest BCUT2D eigenvalue weighted by Crippen LogP contribution is 2.43. The number of carbonyl (C=O) groups excluding carboxylic acids is 5. The summed E-state index contributed by atoms with van der Waals surface area (Å²) in [5.41, 5.74) is 11.5. The van der Waals surface area contributed by atoms with Gasteiger partial charge < -0.3 is 45.3 Å². The first kappa shape index (κ1) is 63.6. The Morgan fingerprint density at radius 2 is 0.902 bits per heavy atom. The van der Waals surface area contributed by atoms with Crippen molar-refractivity contribution in [1.29, 1.82) is 0 Å². The van der Waals surface area contributed by atoms with E-state index in [0.717, 1.165) is 58.5 Å². The van der Waals surface area contributed by atoms with Crippen molar-refractivity contribution < 1.29 is 43.1 Å². The topological polar surface area (TPSA) is 332 Å². The molecule has 8 rings (SSSR count). The fourth-order valence-electron chi connectivity index (χ4n) is 8.05. The molecule has 2 atom stereocenters. The Morgan fingerprint density at radius 1 is 0.549 bits per heavy atom. The van der Waals surface area contributed by atoms with E-state index in [2.05, 4.69) is 70.2 Å². The lowest BCUT2D eigenvalue weighted by Gasteiger charge is -2.25. The third-order valence-corrected chi connectivity index (χ3v) is 14.1. The number of nitrogen functional groups attached to an aromatic ring is 1. The molecule has 0 spiro atoms. The number of anilines is 6. The van der Waals surface area contributed by atoms with Gasteiger partial charge in [-0.1, -0.05) is 29.1 Å². The summed E-state index contributed by atoms with van der Waals surface area (Å²) in [6.07, 6.45) is 12.4. The molecule has 7 heterocycles. The number of carbonyl (C=O) groups is 5. The van der Waals surface area contributed by atoms with Crippen molar-refractivity contribution in [2.24, 2.45) is 0 Å². The molecule has 0 bridgehead atoms. The second kappa shape index (κ2) is 32.2. The Hall–Kier alpha value is -9.18. The summed E-state index contributed by atoms with van der Waals surface area (Å²) in [6, 6.07) is 17.5. The van der Waals surface area contributed by atoms with Crippen LogP contribution >= 0.6 is 22.7 Å². The molecule has 26 nitrogen and oxygen atoms in total. The fraction of sp³-hybridized carbons (Fsp3) is 0.370.